The summed E-state index contributed by atoms with van der Waals surface area (Å²) in [6.07, 6.45) is 2.07. The van der Waals surface area contributed by atoms with Crippen LogP contribution in [0.4, 0.5) is 0 Å². The molecule has 8 heteroatoms. The third-order valence-corrected chi connectivity index (χ3v) is 5.31. The van der Waals surface area contributed by atoms with Crippen LogP contribution in [0, 0.1) is 0 Å². The van der Waals surface area contributed by atoms with E-state index in [0.717, 1.165) is 0 Å². The maximum absolute atomic E-state index is 13.4. The molecule has 8 nitrogen and oxygen atoms in total. The zero-order chi connectivity index (χ0) is 22.8. The summed E-state index contributed by atoms with van der Waals surface area (Å²) in [5.74, 6) is -0.959. The first-order valence-corrected chi connectivity index (χ1v) is 10.4. The molecule has 0 spiro atoms. The van der Waals surface area contributed by atoms with Crippen molar-refractivity contribution in [3.8, 4) is 5.75 Å². The molecule has 32 heavy (non-hydrogen) atoms. The van der Waals surface area contributed by atoms with Gasteiger partial charge in [-0.1, -0.05) is 12.1 Å². The molecule has 0 radical (unpaired) electrons. The lowest BCUT2D eigenvalue weighted by Crippen LogP contribution is -2.32. The molecule has 3 aromatic rings. The van der Waals surface area contributed by atoms with E-state index in [4.69, 9.17) is 18.3 Å². The number of ketones is 1. The molecule has 0 aliphatic carbocycles. The van der Waals surface area contributed by atoms with E-state index >= 15 is 0 Å². The van der Waals surface area contributed by atoms with Crippen LogP contribution < -0.4 is 4.74 Å². The van der Waals surface area contributed by atoms with Crippen molar-refractivity contribution in [1.82, 2.24) is 4.90 Å². The monoisotopic (exact) mass is 439 g/mol. The van der Waals surface area contributed by atoms with Gasteiger partial charge < -0.3 is 28.3 Å². The summed E-state index contributed by atoms with van der Waals surface area (Å²) in [5, 5.41) is 11.4. The van der Waals surface area contributed by atoms with Crippen molar-refractivity contribution >= 4 is 22.7 Å². The van der Waals surface area contributed by atoms with E-state index in [2.05, 4.69) is 0 Å². The molecule has 1 aromatic carbocycles. The standard InChI is InChI=1S/C24H25NO7/c1-14(2)30-12-6-10-25-20(16-9-5-11-31-16)19(22(27)24(25)28)21(26)18-13-15-7-4-8-17(29-3)23(15)32-18/h4-5,7-9,11,13-14,20,27H,6,10,12H2,1-3H3. The van der Waals surface area contributed by atoms with Crippen molar-refractivity contribution in [3.05, 3.63) is 65.5 Å². The van der Waals surface area contributed by atoms with E-state index in [1.54, 1.807) is 36.4 Å². The molecular formula is C24H25NO7. The van der Waals surface area contributed by atoms with Gasteiger partial charge in [-0.05, 0) is 44.5 Å². The average molecular weight is 439 g/mol. The van der Waals surface area contributed by atoms with Gasteiger partial charge in [-0.2, -0.15) is 0 Å². The van der Waals surface area contributed by atoms with Gasteiger partial charge in [-0.3, -0.25) is 9.59 Å². The van der Waals surface area contributed by atoms with E-state index in [1.807, 2.05) is 13.8 Å². The highest BCUT2D eigenvalue weighted by Gasteiger charge is 2.45. The van der Waals surface area contributed by atoms with Crippen LogP contribution in [0.2, 0.25) is 0 Å². The van der Waals surface area contributed by atoms with Crippen LogP contribution in [0.15, 0.2) is 62.8 Å². The first-order valence-electron chi connectivity index (χ1n) is 10.4. The second-order valence-corrected chi connectivity index (χ2v) is 7.77. The molecule has 4 rings (SSSR count). The number of fused-ring (bicyclic) bond motifs is 1. The van der Waals surface area contributed by atoms with Crippen molar-refractivity contribution in [2.24, 2.45) is 0 Å². The average Bonchev–Trinajstić information content (AvgIpc) is 3.50. The number of hydrogen-bond acceptors (Lipinski definition) is 7. The van der Waals surface area contributed by atoms with Crippen molar-refractivity contribution in [2.45, 2.75) is 32.4 Å². The van der Waals surface area contributed by atoms with Gasteiger partial charge in [0.2, 0.25) is 5.78 Å². The number of hydrogen-bond donors (Lipinski definition) is 1. The minimum Gasteiger partial charge on any atom is -0.503 e. The summed E-state index contributed by atoms with van der Waals surface area (Å²) in [6.45, 7) is 4.59. The van der Waals surface area contributed by atoms with Gasteiger partial charge in [-0.25, -0.2) is 0 Å². The molecule has 1 atom stereocenters. The van der Waals surface area contributed by atoms with Crippen LogP contribution in [-0.4, -0.2) is 48.1 Å². The summed E-state index contributed by atoms with van der Waals surface area (Å²) >= 11 is 0. The smallest absolute Gasteiger partial charge is 0.290 e. The SMILES string of the molecule is COc1cccc2cc(C(=O)C3=C(O)C(=O)N(CCCOC(C)C)C3c3ccco3)oc12. The molecule has 3 heterocycles. The Morgan fingerprint density at radius 1 is 1.25 bits per heavy atom. The number of para-hydroxylation sites is 1. The number of amides is 1. The zero-order valence-corrected chi connectivity index (χ0v) is 18.2. The summed E-state index contributed by atoms with van der Waals surface area (Å²) < 4.78 is 22.2. The van der Waals surface area contributed by atoms with Gasteiger partial charge >= 0.3 is 0 Å². The van der Waals surface area contributed by atoms with Gasteiger partial charge in [0.15, 0.2) is 22.9 Å². The normalized spacial score (nSPS) is 16.6. The third-order valence-electron chi connectivity index (χ3n) is 5.31. The highest BCUT2D eigenvalue weighted by Crippen LogP contribution is 2.40. The Kier molecular flexibility index (Phi) is 6.05. The van der Waals surface area contributed by atoms with Crippen molar-refractivity contribution in [2.75, 3.05) is 20.3 Å². The highest BCUT2D eigenvalue weighted by molar-refractivity contribution is 6.16. The number of Topliss-reactive ketones (excluding diaryl/α,β-unsaturated/α-hetero) is 1. The molecule has 1 aliphatic heterocycles. The Hall–Kier alpha value is -3.52. The lowest BCUT2D eigenvalue weighted by atomic mass is 9.99. The largest absolute Gasteiger partial charge is 0.503 e. The molecule has 168 valence electrons. The number of aliphatic hydroxyl groups excluding tert-OH is 1. The lowest BCUT2D eigenvalue weighted by Gasteiger charge is -2.24. The Balaban J connectivity index is 1.68. The summed E-state index contributed by atoms with van der Waals surface area (Å²) in [7, 11) is 1.51. The zero-order valence-electron chi connectivity index (χ0n) is 18.2. The number of nitrogens with zero attached hydrogens (tertiary/aromatic N) is 1. The Morgan fingerprint density at radius 2 is 2.06 bits per heavy atom. The van der Waals surface area contributed by atoms with E-state index in [-0.39, 0.29) is 24.0 Å². The van der Waals surface area contributed by atoms with Gasteiger partial charge in [0, 0.05) is 18.5 Å². The Bertz CT molecular complexity index is 1160. The molecular weight excluding hydrogens is 414 g/mol. The van der Waals surface area contributed by atoms with Crippen molar-refractivity contribution in [1.29, 1.82) is 0 Å². The molecule has 2 aromatic heterocycles. The number of aliphatic hydroxyl groups is 1. The van der Waals surface area contributed by atoms with Gasteiger partial charge in [0.25, 0.3) is 5.91 Å². The number of methoxy groups -OCH3 is 1. The summed E-state index contributed by atoms with van der Waals surface area (Å²) in [5.41, 5.74) is 0.341. The lowest BCUT2D eigenvalue weighted by molar-refractivity contribution is -0.129. The topological polar surface area (TPSA) is 102 Å². The maximum Gasteiger partial charge on any atom is 0.290 e. The number of carbonyl (C=O) groups excluding carboxylic acids is 2. The molecule has 0 saturated heterocycles. The molecule has 1 aliphatic rings. The first kappa shape index (κ1) is 21.7. The van der Waals surface area contributed by atoms with Gasteiger partial charge in [0.05, 0.1) is 25.1 Å². The minimum atomic E-state index is -0.862. The van der Waals surface area contributed by atoms with E-state index < -0.39 is 23.5 Å². The minimum absolute atomic E-state index is 0.000368. The van der Waals surface area contributed by atoms with Crippen LogP contribution in [0.1, 0.15) is 42.6 Å². The number of carbonyl (C=O) groups is 2. The van der Waals surface area contributed by atoms with Crippen LogP contribution in [-0.2, 0) is 9.53 Å². The van der Waals surface area contributed by atoms with Gasteiger partial charge in [0.1, 0.15) is 11.8 Å². The predicted molar refractivity (Wildman–Crippen MR) is 116 cm³/mol. The fourth-order valence-electron chi connectivity index (χ4n) is 3.85. The molecule has 0 saturated carbocycles. The molecule has 1 amide bonds. The molecule has 0 fully saturated rings. The number of furan rings is 2. The van der Waals surface area contributed by atoms with Crippen molar-refractivity contribution in [3.63, 3.8) is 0 Å². The number of benzene rings is 1. The molecule has 1 unspecified atom stereocenters. The van der Waals surface area contributed by atoms with E-state index in [1.165, 1.54) is 18.3 Å². The molecule has 0 bridgehead atoms. The van der Waals surface area contributed by atoms with Crippen LogP contribution in [0.5, 0.6) is 5.75 Å². The van der Waals surface area contributed by atoms with E-state index in [0.29, 0.717) is 35.5 Å². The van der Waals surface area contributed by atoms with Gasteiger partial charge in [-0.15, -0.1) is 0 Å². The molecule has 1 N–H and O–H groups in total. The van der Waals surface area contributed by atoms with Crippen molar-refractivity contribution < 1.29 is 33.0 Å². The maximum atomic E-state index is 13.4. The fraction of sp³-hybridized carbons (Fsp3) is 0.333. The highest BCUT2D eigenvalue weighted by atomic mass is 16.5. The quantitative estimate of drug-likeness (QED) is 0.389. The van der Waals surface area contributed by atoms with Crippen LogP contribution in [0.25, 0.3) is 11.0 Å². The van der Waals surface area contributed by atoms with E-state index in [9.17, 15) is 14.7 Å². The third kappa shape index (κ3) is 3.89. The number of rotatable bonds is 9. The second kappa shape index (κ2) is 8.92. The summed E-state index contributed by atoms with van der Waals surface area (Å²) in [4.78, 5) is 27.8. The van der Waals surface area contributed by atoms with Crippen LogP contribution >= 0.6 is 0 Å². The van der Waals surface area contributed by atoms with Crippen LogP contribution in [0.3, 0.4) is 0 Å². The summed E-state index contributed by atoms with van der Waals surface area (Å²) in [6, 6.07) is 9.35. The predicted octanol–water partition coefficient (Wildman–Crippen LogP) is 4.43. The second-order valence-electron chi connectivity index (χ2n) is 7.77. The Labute approximate surface area is 185 Å². The fourth-order valence-corrected chi connectivity index (χ4v) is 3.85. The first-order chi connectivity index (χ1) is 15.4. The number of ether oxygens (including phenoxy) is 2. The Morgan fingerprint density at radius 3 is 2.75 bits per heavy atom.